The molecule has 0 spiro atoms. The fraction of sp³-hybridized carbons (Fsp3) is 0.105. The molecule has 0 saturated heterocycles. The molecule has 0 saturated carbocycles. The summed E-state index contributed by atoms with van der Waals surface area (Å²) in [6.45, 7) is 2.77. The van der Waals surface area contributed by atoms with Crippen molar-refractivity contribution < 1.29 is 0 Å². The maximum atomic E-state index is 13.0. The second-order valence-electron chi connectivity index (χ2n) is 5.91. The van der Waals surface area contributed by atoms with Crippen LogP contribution < -0.4 is 5.56 Å². The summed E-state index contributed by atoms with van der Waals surface area (Å²) in [6, 6.07) is 18.5. The lowest BCUT2D eigenvalue weighted by molar-refractivity contribution is 0.791. The van der Waals surface area contributed by atoms with Gasteiger partial charge in [-0.2, -0.15) is 0 Å². The summed E-state index contributed by atoms with van der Waals surface area (Å²) < 4.78 is 4.01. The molecule has 3 heterocycles. The van der Waals surface area contributed by atoms with Crippen molar-refractivity contribution >= 4 is 16.4 Å². The van der Waals surface area contributed by atoms with E-state index in [1.54, 1.807) is 0 Å². The summed E-state index contributed by atoms with van der Waals surface area (Å²) in [4.78, 5) is 13.0. The van der Waals surface area contributed by atoms with Crippen LogP contribution in [0, 0.1) is 6.92 Å². The summed E-state index contributed by atoms with van der Waals surface area (Å²) in [5.41, 5.74) is 6.52. The average Bonchev–Trinajstić information content (AvgIpc) is 3.12. The molecule has 1 aliphatic rings. The molecule has 3 heteroatoms. The van der Waals surface area contributed by atoms with Gasteiger partial charge in [-0.3, -0.25) is 4.79 Å². The number of aryl methyl sites for hydroxylation is 1. The highest BCUT2D eigenvalue weighted by molar-refractivity contribution is 5.88. The fourth-order valence-corrected chi connectivity index (χ4v) is 3.77. The number of benzene rings is 2. The zero-order valence-electron chi connectivity index (χ0n) is 12.2. The Bertz CT molecular complexity index is 1130. The fourth-order valence-electron chi connectivity index (χ4n) is 3.77. The third-order valence-corrected chi connectivity index (χ3v) is 4.72. The lowest BCUT2D eigenvalue weighted by atomic mass is 10.1. The third-order valence-electron chi connectivity index (χ3n) is 4.72. The van der Waals surface area contributed by atoms with E-state index in [0.717, 1.165) is 27.8 Å². The minimum Gasteiger partial charge on any atom is -0.307 e. The second-order valence-corrected chi connectivity index (χ2v) is 5.91. The van der Waals surface area contributed by atoms with Crippen LogP contribution >= 0.6 is 0 Å². The van der Waals surface area contributed by atoms with Crippen LogP contribution in [0.1, 0.15) is 11.3 Å². The van der Waals surface area contributed by atoms with E-state index in [1.165, 1.54) is 11.1 Å². The van der Waals surface area contributed by atoms with Crippen LogP contribution in [0.5, 0.6) is 0 Å². The van der Waals surface area contributed by atoms with Gasteiger partial charge in [0.2, 0.25) is 0 Å². The monoisotopic (exact) mass is 286 g/mol. The van der Waals surface area contributed by atoms with Crippen LogP contribution in [-0.2, 0) is 6.54 Å². The minimum absolute atomic E-state index is 0.0907. The molecule has 0 radical (unpaired) electrons. The van der Waals surface area contributed by atoms with Crippen molar-refractivity contribution in [2.24, 2.45) is 0 Å². The summed E-state index contributed by atoms with van der Waals surface area (Å²) in [7, 11) is 0. The zero-order chi connectivity index (χ0) is 14.8. The molecule has 3 nitrogen and oxygen atoms in total. The van der Waals surface area contributed by atoms with Gasteiger partial charge >= 0.3 is 0 Å². The molecule has 2 aromatic heterocycles. The summed E-state index contributed by atoms with van der Waals surface area (Å²) in [5, 5.41) is 1.11. The van der Waals surface area contributed by atoms with Gasteiger partial charge in [0.1, 0.15) is 5.52 Å². The van der Waals surface area contributed by atoms with Crippen LogP contribution in [0.4, 0.5) is 0 Å². The molecule has 0 fully saturated rings. The maximum Gasteiger partial charge on any atom is 0.275 e. The molecule has 0 bridgehead atoms. The van der Waals surface area contributed by atoms with E-state index < -0.39 is 0 Å². The van der Waals surface area contributed by atoms with E-state index in [9.17, 15) is 4.79 Å². The molecule has 0 aliphatic carbocycles. The quantitative estimate of drug-likeness (QED) is 0.427. The predicted octanol–water partition coefficient (Wildman–Crippen LogP) is 3.59. The van der Waals surface area contributed by atoms with Crippen molar-refractivity contribution in [3.05, 3.63) is 76.2 Å². The highest BCUT2D eigenvalue weighted by Gasteiger charge is 2.24. The van der Waals surface area contributed by atoms with Gasteiger partial charge in [0.15, 0.2) is 0 Å². The molecule has 1 aliphatic heterocycles. The molecule has 0 N–H and O–H groups in total. The maximum absolute atomic E-state index is 13.0. The Morgan fingerprint density at radius 1 is 0.955 bits per heavy atom. The second kappa shape index (κ2) is 3.89. The van der Waals surface area contributed by atoms with Gasteiger partial charge in [-0.1, -0.05) is 42.5 Å². The van der Waals surface area contributed by atoms with Crippen molar-refractivity contribution in [1.82, 2.24) is 8.97 Å². The largest absolute Gasteiger partial charge is 0.307 e. The minimum atomic E-state index is 0.0907. The van der Waals surface area contributed by atoms with Crippen LogP contribution in [0.2, 0.25) is 0 Å². The normalized spacial score (nSPS) is 12.8. The van der Waals surface area contributed by atoms with Crippen LogP contribution in [0.3, 0.4) is 0 Å². The molecule has 2 aromatic carbocycles. The Morgan fingerprint density at radius 3 is 2.64 bits per heavy atom. The van der Waals surface area contributed by atoms with E-state index in [4.69, 9.17) is 0 Å². The van der Waals surface area contributed by atoms with Gasteiger partial charge in [0.25, 0.3) is 5.56 Å². The first-order valence-corrected chi connectivity index (χ1v) is 7.47. The first-order valence-electron chi connectivity index (χ1n) is 7.47. The van der Waals surface area contributed by atoms with E-state index in [-0.39, 0.29) is 5.56 Å². The molecule has 0 atom stereocenters. The van der Waals surface area contributed by atoms with E-state index in [0.29, 0.717) is 6.54 Å². The predicted molar refractivity (Wildman–Crippen MR) is 88.4 cm³/mol. The van der Waals surface area contributed by atoms with Crippen molar-refractivity contribution in [2.45, 2.75) is 13.5 Å². The van der Waals surface area contributed by atoms with Crippen LogP contribution in [-0.4, -0.2) is 8.97 Å². The van der Waals surface area contributed by atoms with Crippen molar-refractivity contribution in [2.75, 3.05) is 0 Å². The lowest BCUT2D eigenvalue weighted by Crippen LogP contribution is -2.22. The Morgan fingerprint density at radius 2 is 1.73 bits per heavy atom. The number of aromatic nitrogens is 2. The molecule has 0 unspecified atom stereocenters. The van der Waals surface area contributed by atoms with Crippen molar-refractivity contribution in [3.8, 4) is 11.3 Å². The molecule has 0 amide bonds. The first-order chi connectivity index (χ1) is 10.8. The summed E-state index contributed by atoms with van der Waals surface area (Å²) in [6.07, 6.45) is 0. The van der Waals surface area contributed by atoms with Gasteiger partial charge in [-0.15, -0.1) is 0 Å². The van der Waals surface area contributed by atoms with E-state index >= 15 is 0 Å². The van der Waals surface area contributed by atoms with Crippen molar-refractivity contribution in [3.63, 3.8) is 0 Å². The van der Waals surface area contributed by atoms with Gasteiger partial charge in [-0.25, -0.2) is 0 Å². The Kier molecular flexibility index (Phi) is 2.09. The standard InChI is InChI=1S/C19H14N2O/c1-12-18-15-8-4-2-7-14(15)11-20(18)19(22)17-10-13-6-3-5-9-16(13)21(12)17/h2-10H,11H2,1H3. The summed E-state index contributed by atoms with van der Waals surface area (Å²) >= 11 is 0. The van der Waals surface area contributed by atoms with E-state index in [1.807, 2.05) is 34.9 Å². The number of rotatable bonds is 0. The topological polar surface area (TPSA) is 26.4 Å². The number of hydrogen-bond donors (Lipinski definition) is 0. The molecular formula is C19H14N2O. The molecule has 106 valence electrons. The molecular weight excluding hydrogens is 272 g/mol. The zero-order valence-corrected chi connectivity index (χ0v) is 12.2. The Labute approximate surface area is 127 Å². The van der Waals surface area contributed by atoms with Gasteiger partial charge < -0.3 is 8.97 Å². The molecule has 4 aromatic rings. The van der Waals surface area contributed by atoms with Crippen LogP contribution in [0.15, 0.2) is 59.4 Å². The first kappa shape index (κ1) is 11.8. The Balaban J connectivity index is 2.05. The summed E-state index contributed by atoms with van der Waals surface area (Å²) in [5.74, 6) is 0. The number of fused-ring (bicyclic) bond motifs is 6. The Hall–Kier alpha value is -2.81. The third kappa shape index (κ3) is 1.29. The highest BCUT2D eigenvalue weighted by atomic mass is 16.1. The number of para-hydroxylation sites is 1. The lowest BCUT2D eigenvalue weighted by Gasteiger charge is -2.11. The average molecular weight is 286 g/mol. The van der Waals surface area contributed by atoms with E-state index in [2.05, 4.69) is 35.6 Å². The number of hydrogen-bond acceptors (Lipinski definition) is 1. The van der Waals surface area contributed by atoms with Crippen LogP contribution in [0.25, 0.3) is 27.7 Å². The van der Waals surface area contributed by atoms with Gasteiger partial charge in [-0.05, 0) is 24.6 Å². The molecule has 22 heavy (non-hydrogen) atoms. The molecule has 5 rings (SSSR count). The van der Waals surface area contributed by atoms with Crippen molar-refractivity contribution in [1.29, 1.82) is 0 Å². The smallest absolute Gasteiger partial charge is 0.275 e. The highest BCUT2D eigenvalue weighted by Crippen LogP contribution is 2.34. The SMILES string of the molecule is Cc1c2n(c(=O)c3cc4ccccc4n13)Cc1ccccc1-2. The van der Waals surface area contributed by atoms with Gasteiger partial charge in [0, 0.05) is 16.6 Å². The number of nitrogens with zero attached hydrogens (tertiary/aromatic N) is 2. The van der Waals surface area contributed by atoms with Gasteiger partial charge in [0.05, 0.1) is 17.8 Å².